The molecule has 2 N–H and O–H groups in total. The van der Waals surface area contributed by atoms with E-state index in [2.05, 4.69) is 10.0 Å². The lowest BCUT2D eigenvalue weighted by molar-refractivity contribution is -0.137. The highest BCUT2D eigenvalue weighted by Gasteiger charge is 2.30. The number of nitrogens with one attached hydrogen (secondary N) is 2. The highest BCUT2D eigenvalue weighted by atomic mass is 32.2. The lowest BCUT2D eigenvalue weighted by Gasteiger charge is -2.16. The highest BCUT2D eigenvalue weighted by molar-refractivity contribution is 7.88. The summed E-state index contributed by atoms with van der Waals surface area (Å²) >= 11 is 0. The summed E-state index contributed by atoms with van der Waals surface area (Å²) in [7, 11) is -3.32. The van der Waals surface area contributed by atoms with Crippen molar-refractivity contribution in [1.29, 1.82) is 0 Å². The number of halogens is 3. The molecular weight excluding hydrogens is 477 g/mol. The third kappa shape index (κ3) is 5.74. The Morgan fingerprint density at radius 2 is 1.60 bits per heavy atom. The number of carbonyl (C=O) groups excluding carboxylic acids is 1. The summed E-state index contributed by atoms with van der Waals surface area (Å²) in [6, 6.07) is 13.6. The summed E-state index contributed by atoms with van der Waals surface area (Å²) in [5.41, 5.74) is 4.85. The molecule has 3 aromatic carbocycles. The van der Waals surface area contributed by atoms with Crippen molar-refractivity contribution in [3.8, 4) is 11.1 Å². The molecule has 0 saturated carbocycles. The molecule has 4 rings (SSSR count). The molecule has 0 radical (unpaired) electrons. The topological polar surface area (TPSA) is 75.3 Å². The fraction of sp³-hybridized carbons (Fsp3) is 0.269. The van der Waals surface area contributed by atoms with Crippen molar-refractivity contribution in [2.24, 2.45) is 0 Å². The molecule has 1 aliphatic rings. The van der Waals surface area contributed by atoms with Gasteiger partial charge in [-0.3, -0.25) is 4.79 Å². The van der Waals surface area contributed by atoms with Crippen molar-refractivity contribution in [3.05, 3.63) is 88.0 Å². The quantitative estimate of drug-likeness (QED) is 0.500. The minimum Gasteiger partial charge on any atom is -0.322 e. The summed E-state index contributed by atoms with van der Waals surface area (Å²) in [6.45, 7) is 3.67. The lowest BCUT2D eigenvalue weighted by Crippen LogP contribution is -2.34. The monoisotopic (exact) mass is 502 g/mol. The van der Waals surface area contributed by atoms with Gasteiger partial charge in [-0.2, -0.15) is 13.2 Å². The number of hydrogen-bond donors (Lipinski definition) is 2. The predicted molar refractivity (Wildman–Crippen MR) is 130 cm³/mol. The Bertz CT molecular complexity index is 1400. The summed E-state index contributed by atoms with van der Waals surface area (Å²) in [5.74, 6) is -0.379. The van der Waals surface area contributed by atoms with E-state index >= 15 is 0 Å². The molecule has 1 amide bonds. The van der Waals surface area contributed by atoms with Crippen molar-refractivity contribution < 1.29 is 26.4 Å². The van der Waals surface area contributed by atoms with Gasteiger partial charge in [0.05, 0.1) is 11.8 Å². The molecule has 0 aliphatic heterocycles. The van der Waals surface area contributed by atoms with Gasteiger partial charge in [0, 0.05) is 17.3 Å². The maximum absolute atomic E-state index is 13.3. The fourth-order valence-corrected chi connectivity index (χ4v) is 5.41. The van der Waals surface area contributed by atoms with E-state index in [1.165, 1.54) is 12.1 Å². The summed E-state index contributed by atoms with van der Waals surface area (Å²) in [5, 5.41) is 2.89. The van der Waals surface area contributed by atoms with E-state index in [1.54, 1.807) is 12.1 Å². The van der Waals surface area contributed by atoms with Gasteiger partial charge in [0.15, 0.2) is 0 Å². The molecule has 35 heavy (non-hydrogen) atoms. The summed E-state index contributed by atoms with van der Waals surface area (Å²) < 4.78 is 64.7. The fourth-order valence-electron chi connectivity index (χ4n) is 4.64. The lowest BCUT2D eigenvalue weighted by atomic mass is 9.92. The second-order valence-corrected chi connectivity index (χ2v) is 10.8. The molecule has 184 valence electrons. The maximum Gasteiger partial charge on any atom is 0.416 e. The normalized spacial score (nSPS) is 15.7. The smallest absolute Gasteiger partial charge is 0.322 e. The van der Waals surface area contributed by atoms with E-state index in [0.717, 1.165) is 40.6 Å². The van der Waals surface area contributed by atoms with E-state index in [-0.39, 0.29) is 11.9 Å². The minimum atomic E-state index is -4.44. The molecule has 0 aromatic heterocycles. The molecule has 1 unspecified atom stereocenters. The van der Waals surface area contributed by atoms with Crippen LogP contribution in [0.2, 0.25) is 0 Å². The number of sulfonamides is 1. The summed E-state index contributed by atoms with van der Waals surface area (Å²) in [4.78, 5) is 13.3. The number of anilines is 1. The number of carbonyl (C=O) groups is 1. The number of benzene rings is 3. The zero-order chi connectivity index (χ0) is 25.5. The minimum absolute atomic E-state index is 0.225. The van der Waals surface area contributed by atoms with Crippen molar-refractivity contribution in [1.82, 2.24) is 4.72 Å². The number of alkyl halides is 3. The average Bonchev–Trinajstić information content (AvgIpc) is 3.12. The first-order valence-corrected chi connectivity index (χ1v) is 12.9. The van der Waals surface area contributed by atoms with Gasteiger partial charge in [-0.25, -0.2) is 13.1 Å². The Balaban J connectivity index is 1.61. The Morgan fingerprint density at radius 3 is 2.23 bits per heavy atom. The van der Waals surface area contributed by atoms with Crippen LogP contribution in [0.25, 0.3) is 11.1 Å². The van der Waals surface area contributed by atoms with Crippen LogP contribution in [0.4, 0.5) is 18.9 Å². The molecule has 1 aliphatic carbocycles. The van der Waals surface area contributed by atoms with E-state index in [1.807, 2.05) is 32.0 Å². The van der Waals surface area contributed by atoms with Crippen LogP contribution in [0.5, 0.6) is 0 Å². The van der Waals surface area contributed by atoms with Gasteiger partial charge in [0.25, 0.3) is 5.91 Å². The van der Waals surface area contributed by atoms with Crippen LogP contribution in [0.3, 0.4) is 0 Å². The molecule has 0 fully saturated rings. The van der Waals surface area contributed by atoms with E-state index in [0.29, 0.717) is 35.2 Å². The zero-order valence-corrected chi connectivity index (χ0v) is 20.3. The Morgan fingerprint density at radius 1 is 0.943 bits per heavy atom. The van der Waals surface area contributed by atoms with Crippen molar-refractivity contribution in [3.63, 3.8) is 0 Å². The maximum atomic E-state index is 13.3. The van der Waals surface area contributed by atoms with Crippen LogP contribution in [-0.4, -0.2) is 26.6 Å². The number of aryl methyl sites for hydroxylation is 2. The molecule has 3 aromatic rings. The largest absolute Gasteiger partial charge is 0.416 e. The van der Waals surface area contributed by atoms with Gasteiger partial charge < -0.3 is 5.32 Å². The molecular formula is C26H25F3N2O3S. The SMILES string of the molecule is Cc1cc(C)c(-c2ccc(C(F)(F)F)cc2)c(C(=O)Nc2ccc3c(c2)CC(NS(C)(=O)=O)C3)c1. The first-order valence-electron chi connectivity index (χ1n) is 11.0. The second-order valence-electron chi connectivity index (χ2n) is 9.01. The van der Waals surface area contributed by atoms with E-state index in [9.17, 15) is 26.4 Å². The third-order valence-electron chi connectivity index (χ3n) is 6.00. The van der Waals surface area contributed by atoms with Gasteiger partial charge in [-0.05, 0) is 84.8 Å². The number of hydrogen-bond acceptors (Lipinski definition) is 3. The van der Waals surface area contributed by atoms with Crippen LogP contribution in [0, 0.1) is 13.8 Å². The standard InChI is InChI=1S/C26H25F3N2O3S/c1-15-10-16(2)24(17-4-7-20(8-5-17)26(27,28)29)23(11-15)25(32)30-21-9-6-18-12-22(14-19(18)13-21)31-35(3,33)34/h4-11,13,22,31H,12,14H2,1-3H3,(H,30,32). The molecule has 9 heteroatoms. The molecule has 1 atom stereocenters. The Hall–Kier alpha value is -3.17. The van der Waals surface area contributed by atoms with Gasteiger partial charge in [0.2, 0.25) is 10.0 Å². The molecule has 5 nitrogen and oxygen atoms in total. The van der Waals surface area contributed by atoms with Crippen molar-refractivity contribution >= 4 is 21.6 Å². The van der Waals surface area contributed by atoms with Crippen molar-refractivity contribution in [2.75, 3.05) is 11.6 Å². The Kier molecular flexibility index (Phi) is 6.50. The first kappa shape index (κ1) is 24.9. The molecule has 0 saturated heterocycles. The van der Waals surface area contributed by atoms with Crippen LogP contribution in [0.1, 0.15) is 38.2 Å². The van der Waals surface area contributed by atoms with Gasteiger partial charge in [0.1, 0.15) is 0 Å². The number of fused-ring (bicyclic) bond motifs is 1. The molecule has 0 spiro atoms. The van der Waals surface area contributed by atoms with E-state index < -0.39 is 21.8 Å². The number of amides is 1. The summed E-state index contributed by atoms with van der Waals surface area (Å²) in [6.07, 6.45) is -2.22. The molecule has 0 bridgehead atoms. The van der Waals surface area contributed by atoms with Crippen LogP contribution < -0.4 is 10.0 Å². The Labute approximate surface area is 202 Å². The van der Waals surface area contributed by atoms with Gasteiger partial charge >= 0.3 is 6.18 Å². The van der Waals surface area contributed by atoms with Crippen LogP contribution in [0.15, 0.2) is 54.6 Å². The van der Waals surface area contributed by atoms with Gasteiger partial charge in [-0.15, -0.1) is 0 Å². The van der Waals surface area contributed by atoms with E-state index in [4.69, 9.17) is 0 Å². The third-order valence-corrected chi connectivity index (χ3v) is 6.76. The van der Waals surface area contributed by atoms with Gasteiger partial charge in [-0.1, -0.05) is 29.8 Å². The first-order chi connectivity index (χ1) is 16.3. The van der Waals surface area contributed by atoms with Crippen molar-refractivity contribution in [2.45, 2.75) is 38.9 Å². The second kappa shape index (κ2) is 9.13. The highest BCUT2D eigenvalue weighted by Crippen LogP contribution is 2.34. The van der Waals surface area contributed by atoms with Crippen LogP contribution >= 0.6 is 0 Å². The molecule has 0 heterocycles. The zero-order valence-electron chi connectivity index (χ0n) is 19.5. The predicted octanol–water partition coefficient (Wildman–Crippen LogP) is 5.26. The van der Waals surface area contributed by atoms with Crippen LogP contribution in [-0.2, 0) is 29.0 Å². The average molecular weight is 503 g/mol. The number of rotatable bonds is 5.